The zero-order valence-corrected chi connectivity index (χ0v) is 25.4. The summed E-state index contributed by atoms with van der Waals surface area (Å²) in [6, 6.07) is -0.449. The maximum atomic E-state index is 15.5. The van der Waals surface area contributed by atoms with Gasteiger partial charge in [0, 0.05) is 12.5 Å². The van der Waals surface area contributed by atoms with Crippen molar-refractivity contribution in [1.82, 2.24) is 5.32 Å². The van der Waals surface area contributed by atoms with Crippen LogP contribution in [0.15, 0.2) is 16.1 Å². The van der Waals surface area contributed by atoms with Crippen LogP contribution in [0.5, 0.6) is 0 Å². The van der Waals surface area contributed by atoms with Crippen molar-refractivity contribution in [3.8, 4) is 0 Å². The number of carbonyl (C=O) groups is 2. The minimum absolute atomic E-state index is 0.124. The van der Waals surface area contributed by atoms with Crippen molar-refractivity contribution in [2.45, 2.75) is 79.2 Å². The SMILES string of the molecule is CC(=O)OCNC(=O)c1cc(N=C=O)c(N=C=O)c(C)c1C(F)(F)C(F)(F)C(F)(F)C(F)(F)C(F)(F)C(F)(F)C(F)(F)C(F)(F)C(F)(F)C(F)(F)C(F)(F)F. The number of carbonyl (C=O) groups excluding carboxylic acids is 4. The zero-order chi connectivity index (χ0) is 44.2. The van der Waals surface area contributed by atoms with E-state index in [2.05, 4.69) is 14.7 Å². The number of nitrogens with zero attached hydrogens (tertiary/aromatic N) is 2. The maximum Gasteiger partial charge on any atom is 0.460 e. The number of alkyl halides is 23. The number of hydrogen-bond acceptors (Lipinski definition) is 7. The van der Waals surface area contributed by atoms with E-state index in [0.717, 1.165) is 0 Å². The Morgan fingerprint density at radius 2 is 0.945 bits per heavy atom. The van der Waals surface area contributed by atoms with Crippen LogP contribution in [0, 0.1) is 6.92 Å². The summed E-state index contributed by atoms with van der Waals surface area (Å²) in [7, 11) is 0. The van der Waals surface area contributed by atoms with Crippen LogP contribution in [-0.2, 0) is 25.0 Å². The maximum absolute atomic E-state index is 15.5. The Hall–Kier alpha value is -4.69. The Labute approximate surface area is 285 Å². The van der Waals surface area contributed by atoms with E-state index in [0.29, 0.717) is 19.1 Å². The predicted molar refractivity (Wildman–Crippen MR) is 125 cm³/mol. The second-order valence-corrected chi connectivity index (χ2v) is 10.2. The molecule has 1 aromatic carbocycles. The monoisotopic (exact) mass is 857 g/mol. The van der Waals surface area contributed by atoms with E-state index in [9.17, 15) is 103 Å². The summed E-state index contributed by atoms with van der Waals surface area (Å²) in [5, 5.41) is 1.22. The quantitative estimate of drug-likeness (QED) is 0.0625. The van der Waals surface area contributed by atoms with E-state index >= 15 is 17.6 Å². The molecule has 1 aromatic rings. The van der Waals surface area contributed by atoms with Crippen molar-refractivity contribution in [3.63, 3.8) is 0 Å². The second-order valence-electron chi connectivity index (χ2n) is 10.2. The molecule has 0 saturated heterocycles. The molecule has 0 radical (unpaired) electrons. The van der Waals surface area contributed by atoms with Gasteiger partial charge in [0.2, 0.25) is 12.2 Å². The molecule has 0 aliphatic rings. The molecule has 0 atom stereocenters. The first-order valence-electron chi connectivity index (χ1n) is 12.7. The third-order valence-electron chi connectivity index (χ3n) is 6.82. The summed E-state index contributed by atoms with van der Waals surface area (Å²) in [4.78, 5) is 50.0. The molecule has 55 heavy (non-hydrogen) atoms. The molecule has 0 saturated carbocycles. The van der Waals surface area contributed by atoms with Gasteiger partial charge in [-0.25, -0.2) is 9.59 Å². The number of amides is 1. The molecule has 0 aromatic heterocycles. The number of isocyanates is 2. The zero-order valence-electron chi connectivity index (χ0n) is 25.4. The normalized spacial score (nSPS) is 14.5. The number of aliphatic imine (C=N–C) groups is 2. The number of ether oxygens (including phenoxy) is 1. The van der Waals surface area contributed by atoms with Gasteiger partial charge >= 0.3 is 71.4 Å². The fraction of sp³-hybridized carbons (Fsp3) is 0.583. The van der Waals surface area contributed by atoms with Crippen molar-refractivity contribution in [2.24, 2.45) is 9.98 Å². The number of nitrogens with one attached hydrogen (secondary N) is 1. The third-order valence-corrected chi connectivity index (χ3v) is 6.82. The van der Waals surface area contributed by atoms with Crippen LogP contribution in [0.4, 0.5) is 112 Å². The average molecular weight is 857 g/mol. The molecule has 0 unspecified atom stereocenters. The summed E-state index contributed by atoms with van der Waals surface area (Å²) < 4.78 is 325. The van der Waals surface area contributed by atoms with Crippen LogP contribution < -0.4 is 5.32 Å². The number of benzene rings is 1. The average Bonchev–Trinajstić information content (AvgIpc) is 3.00. The van der Waals surface area contributed by atoms with Crippen LogP contribution >= 0.6 is 0 Å². The Bertz CT molecular complexity index is 1780. The molecule has 31 heteroatoms. The summed E-state index contributed by atoms with van der Waals surface area (Å²) >= 11 is 0. The van der Waals surface area contributed by atoms with E-state index in [4.69, 9.17) is 0 Å². The molecule has 0 bridgehead atoms. The minimum atomic E-state index is -9.63. The van der Waals surface area contributed by atoms with Crippen LogP contribution in [-0.4, -0.2) is 90.2 Å². The summed E-state index contributed by atoms with van der Waals surface area (Å²) in [5.74, 6) is -94.7. The molecule has 1 N–H and O–H groups in total. The van der Waals surface area contributed by atoms with Gasteiger partial charge in [-0.3, -0.25) is 9.59 Å². The number of rotatable bonds is 15. The largest absolute Gasteiger partial charge is 0.460 e. The van der Waals surface area contributed by atoms with E-state index in [1.165, 1.54) is 5.32 Å². The van der Waals surface area contributed by atoms with Crippen LogP contribution in [0.2, 0.25) is 0 Å². The molecule has 0 heterocycles. The Balaban J connectivity index is 4.26. The highest BCUT2D eigenvalue weighted by Gasteiger charge is 2.99. The fourth-order valence-corrected chi connectivity index (χ4v) is 3.91. The topological polar surface area (TPSA) is 114 Å². The lowest BCUT2D eigenvalue weighted by molar-refractivity contribution is -0.479. The Kier molecular flexibility index (Phi) is 12.4. The van der Waals surface area contributed by atoms with E-state index in [-0.39, 0.29) is 6.92 Å². The molecule has 0 fully saturated rings. The van der Waals surface area contributed by atoms with Gasteiger partial charge in [0.05, 0.1) is 5.56 Å². The number of hydrogen-bond donors (Lipinski definition) is 1. The summed E-state index contributed by atoms with van der Waals surface area (Å²) in [6.07, 6.45) is -7.21. The van der Waals surface area contributed by atoms with Gasteiger partial charge < -0.3 is 10.1 Å². The van der Waals surface area contributed by atoms with Crippen LogP contribution in [0.1, 0.15) is 28.4 Å². The molecule has 0 aliphatic carbocycles. The van der Waals surface area contributed by atoms with Crippen molar-refractivity contribution < 1.29 is 125 Å². The molecular formula is C24H10F23N3O5. The molecular weight excluding hydrogens is 847 g/mol. The van der Waals surface area contributed by atoms with Crippen molar-refractivity contribution in [1.29, 1.82) is 0 Å². The first-order valence-corrected chi connectivity index (χ1v) is 12.7. The number of esters is 1. The van der Waals surface area contributed by atoms with Crippen molar-refractivity contribution in [3.05, 3.63) is 22.8 Å². The smallest absolute Gasteiger partial charge is 0.445 e. The molecule has 1 amide bonds. The predicted octanol–water partition coefficient (Wildman–Crippen LogP) is 8.55. The van der Waals surface area contributed by atoms with Crippen molar-refractivity contribution >= 4 is 35.4 Å². The molecule has 312 valence electrons. The first-order chi connectivity index (χ1) is 24.1. The highest BCUT2D eigenvalue weighted by Crippen LogP contribution is 2.68. The van der Waals surface area contributed by atoms with Crippen LogP contribution in [0.25, 0.3) is 0 Å². The lowest BCUT2D eigenvalue weighted by Gasteiger charge is -2.45. The van der Waals surface area contributed by atoms with Gasteiger partial charge in [-0.05, 0) is 18.6 Å². The summed E-state index contributed by atoms with van der Waals surface area (Å²) in [6.45, 7) is -1.07. The molecule has 8 nitrogen and oxygen atoms in total. The highest BCUT2D eigenvalue weighted by molar-refractivity contribution is 5.99. The van der Waals surface area contributed by atoms with Gasteiger partial charge in [0.25, 0.3) is 5.91 Å². The van der Waals surface area contributed by atoms with Gasteiger partial charge in [0.1, 0.15) is 11.4 Å². The standard InChI is InChI=1S/C24H10F23N3O5/c1-7-11(9(13(54)50-6-55-8(2)53)3-10(48-4-51)12(7)49-5-52)14(25,26)15(27,28)16(29,30)17(31,32)18(33,34)19(35,36)20(37,38)21(39,40)22(41,42)23(43,44)24(45,46)47/h3H,6H2,1-2H3,(H,50,54). The van der Waals surface area contributed by atoms with E-state index in [1.54, 1.807) is 0 Å². The second kappa shape index (κ2) is 14.1. The first kappa shape index (κ1) is 48.3. The number of halogens is 23. The Morgan fingerprint density at radius 3 is 1.27 bits per heavy atom. The van der Waals surface area contributed by atoms with E-state index in [1.807, 2.05) is 0 Å². The third kappa shape index (κ3) is 6.81. The highest BCUT2D eigenvalue weighted by atomic mass is 19.4. The fourth-order valence-electron chi connectivity index (χ4n) is 3.91. The lowest BCUT2D eigenvalue weighted by atomic mass is 9.82. The minimum Gasteiger partial charge on any atom is -0.445 e. The molecule has 1 rings (SSSR count). The lowest BCUT2D eigenvalue weighted by Crippen LogP contribution is -2.77. The van der Waals surface area contributed by atoms with Gasteiger partial charge in [-0.1, -0.05) is 0 Å². The van der Waals surface area contributed by atoms with E-state index < -0.39 is 118 Å². The van der Waals surface area contributed by atoms with Gasteiger partial charge in [0.15, 0.2) is 6.73 Å². The van der Waals surface area contributed by atoms with Gasteiger partial charge in [-0.15, -0.1) is 0 Å². The van der Waals surface area contributed by atoms with Crippen molar-refractivity contribution in [2.75, 3.05) is 6.73 Å². The summed E-state index contributed by atoms with van der Waals surface area (Å²) in [5.41, 5.74) is -10.9. The van der Waals surface area contributed by atoms with Crippen LogP contribution in [0.3, 0.4) is 0 Å². The van der Waals surface area contributed by atoms with Gasteiger partial charge in [-0.2, -0.15) is 111 Å². The molecule has 0 spiro atoms. The molecule has 0 aliphatic heterocycles. The Morgan fingerprint density at radius 1 is 0.600 bits per heavy atom.